The van der Waals surface area contributed by atoms with E-state index in [0.29, 0.717) is 0 Å². The lowest BCUT2D eigenvalue weighted by Gasteiger charge is -2.37. The fraction of sp³-hybridized carbons (Fsp3) is 0.333. The maximum atomic E-state index is 13.1. The van der Waals surface area contributed by atoms with Crippen LogP contribution >= 0.6 is 11.3 Å². The van der Waals surface area contributed by atoms with Gasteiger partial charge in [-0.15, -0.1) is 11.3 Å². The van der Waals surface area contributed by atoms with Crippen molar-refractivity contribution in [1.29, 1.82) is 0 Å². The molecule has 1 saturated heterocycles. The molecule has 150 valence electrons. The van der Waals surface area contributed by atoms with Gasteiger partial charge in [-0.2, -0.15) is 0 Å². The van der Waals surface area contributed by atoms with E-state index < -0.39 is 0 Å². The molecule has 5 heteroatoms. The first kappa shape index (κ1) is 19.6. The molecule has 0 atom stereocenters. The summed E-state index contributed by atoms with van der Waals surface area (Å²) in [6, 6.07) is 16.7. The van der Waals surface area contributed by atoms with Crippen molar-refractivity contribution in [2.75, 3.05) is 31.1 Å². The number of nitrogens with zero attached hydrogens (tertiary/aromatic N) is 3. The van der Waals surface area contributed by atoms with Gasteiger partial charge in [-0.1, -0.05) is 42.5 Å². The van der Waals surface area contributed by atoms with Crippen LogP contribution in [-0.2, 0) is 6.42 Å². The molecule has 4 rings (SSSR count). The minimum Gasteiger partial charge on any atom is -0.368 e. The SMILES string of the molecule is Cc1cccc(N2CCN(C(=O)c3sc(Cc4ccccc4)nc3C)CC2)c1C. The van der Waals surface area contributed by atoms with Crippen LogP contribution < -0.4 is 4.90 Å². The monoisotopic (exact) mass is 405 g/mol. The zero-order valence-electron chi connectivity index (χ0n) is 17.3. The summed E-state index contributed by atoms with van der Waals surface area (Å²) in [5.41, 5.74) is 6.00. The molecule has 1 aliphatic heterocycles. The normalized spacial score (nSPS) is 14.3. The Hall–Kier alpha value is -2.66. The van der Waals surface area contributed by atoms with E-state index >= 15 is 0 Å². The van der Waals surface area contributed by atoms with Gasteiger partial charge in [0.15, 0.2) is 0 Å². The Labute approximate surface area is 176 Å². The summed E-state index contributed by atoms with van der Waals surface area (Å²) >= 11 is 1.54. The van der Waals surface area contributed by atoms with E-state index in [2.05, 4.69) is 54.1 Å². The average molecular weight is 406 g/mol. The van der Waals surface area contributed by atoms with E-state index in [4.69, 9.17) is 0 Å². The third-order valence-corrected chi connectivity index (χ3v) is 6.86. The minimum atomic E-state index is 0.125. The van der Waals surface area contributed by atoms with Crippen molar-refractivity contribution in [3.8, 4) is 0 Å². The maximum Gasteiger partial charge on any atom is 0.265 e. The number of thiazole rings is 1. The first-order chi connectivity index (χ1) is 14.0. The molecule has 0 unspecified atom stereocenters. The number of aromatic nitrogens is 1. The summed E-state index contributed by atoms with van der Waals surface area (Å²) in [7, 11) is 0. The first-order valence-corrected chi connectivity index (χ1v) is 11.0. The van der Waals surface area contributed by atoms with Gasteiger partial charge >= 0.3 is 0 Å². The van der Waals surface area contributed by atoms with Gasteiger partial charge in [-0.05, 0) is 43.5 Å². The predicted octanol–water partition coefficient (Wildman–Crippen LogP) is 4.62. The van der Waals surface area contributed by atoms with Gasteiger partial charge in [0.2, 0.25) is 0 Å². The summed E-state index contributed by atoms with van der Waals surface area (Å²) < 4.78 is 0. The lowest BCUT2D eigenvalue weighted by molar-refractivity contribution is 0.0750. The van der Waals surface area contributed by atoms with Gasteiger partial charge < -0.3 is 9.80 Å². The summed E-state index contributed by atoms with van der Waals surface area (Å²) in [6.45, 7) is 9.50. The number of rotatable bonds is 4. The van der Waals surface area contributed by atoms with Crippen LogP contribution in [0.2, 0.25) is 0 Å². The van der Waals surface area contributed by atoms with Crippen molar-refractivity contribution in [2.45, 2.75) is 27.2 Å². The van der Waals surface area contributed by atoms with Crippen LogP contribution in [0.4, 0.5) is 5.69 Å². The van der Waals surface area contributed by atoms with Crippen molar-refractivity contribution in [3.63, 3.8) is 0 Å². The molecule has 1 amide bonds. The Kier molecular flexibility index (Phi) is 5.67. The van der Waals surface area contributed by atoms with Gasteiger partial charge in [-0.25, -0.2) is 4.98 Å². The molecule has 2 heterocycles. The summed E-state index contributed by atoms with van der Waals surface area (Å²) in [4.78, 5) is 23.0. The van der Waals surface area contributed by atoms with E-state index in [0.717, 1.165) is 48.2 Å². The lowest BCUT2D eigenvalue weighted by atomic mass is 10.1. The van der Waals surface area contributed by atoms with Crippen LogP contribution in [0.25, 0.3) is 0 Å². The smallest absolute Gasteiger partial charge is 0.265 e. The molecular formula is C24H27N3OS. The molecule has 2 aromatic carbocycles. The number of amides is 1. The second-order valence-electron chi connectivity index (χ2n) is 7.68. The Balaban J connectivity index is 1.43. The van der Waals surface area contributed by atoms with Crippen LogP contribution in [0.5, 0.6) is 0 Å². The van der Waals surface area contributed by atoms with E-state index in [1.54, 1.807) is 11.3 Å². The molecular weight excluding hydrogens is 378 g/mol. The van der Waals surface area contributed by atoms with Gasteiger partial charge in [0, 0.05) is 38.3 Å². The number of anilines is 1. The quantitative estimate of drug-likeness (QED) is 0.635. The third-order valence-electron chi connectivity index (χ3n) is 5.72. The highest BCUT2D eigenvalue weighted by Gasteiger charge is 2.26. The molecule has 0 spiro atoms. The first-order valence-electron chi connectivity index (χ1n) is 10.1. The predicted molar refractivity (Wildman–Crippen MR) is 120 cm³/mol. The topological polar surface area (TPSA) is 36.4 Å². The van der Waals surface area contributed by atoms with Crippen molar-refractivity contribution in [3.05, 3.63) is 80.8 Å². The average Bonchev–Trinajstić information content (AvgIpc) is 3.10. The van der Waals surface area contributed by atoms with E-state index in [-0.39, 0.29) is 5.91 Å². The number of piperazine rings is 1. The number of benzene rings is 2. The highest BCUT2D eigenvalue weighted by molar-refractivity contribution is 7.13. The summed E-state index contributed by atoms with van der Waals surface area (Å²) in [5, 5.41) is 1.01. The van der Waals surface area contributed by atoms with Crippen molar-refractivity contribution in [1.82, 2.24) is 9.88 Å². The summed E-state index contributed by atoms with van der Waals surface area (Å²) in [6.07, 6.45) is 0.778. The van der Waals surface area contributed by atoms with E-state index in [1.165, 1.54) is 22.4 Å². The number of aryl methyl sites for hydroxylation is 2. The number of hydrogen-bond acceptors (Lipinski definition) is 4. The Morgan fingerprint density at radius 1 is 0.966 bits per heavy atom. The Bertz CT molecular complexity index is 1000. The van der Waals surface area contributed by atoms with Crippen LogP contribution in [-0.4, -0.2) is 42.0 Å². The fourth-order valence-corrected chi connectivity index (χ4v) is 4.94. The second kappa shape index (κ2) is 8.37. The van der Waals surface area contributed by atoms with Crippen LogP contribution in [0.1, 0.15) is 37.1 Å². The number of carbonyl (C=O) groups is 1. The highest BCUT2D eigenvalue weighted by atomic mass is 32.1. The maximum absolute atomic E-state index is 13.1. The minimum absolute atomic E-state index is 0.125. The molecule has 0 radical (unpaired) electrons. The van der Waals surface area contributed by atoms with Crippen molar-refractivity contribution < 1.29 is 4.79 Å². The largest absolute Gasteiger partial charge is 0.368 e. The van der Waals surface area contributed by atoms with Crippen molar-refractivity contribution in [2.24, 2.45) is 0 Å². The highest BCUT2D eigenvalue weighted by Crippen LogP contribution is 2.26. The Morgan fingerprint density at radius 2 is 1.69 bits per heavy atom. The van der Waals surface area contributed by atoms with Crippen molar-refractivity contribution >= 4 is 22.9 Å². The third kappa shape index (κ3) is 4.20. The number of hydrogen-bond donors (Lipinski definition) is 0. The van der Waals surface area contributed by atoms with Gasteiger partial charge in [-0.3, -0.25) is 4.79 Å². The van der Waals surface area contributed by atoms with Crippen LogP contribution in [0.15, 0.2) is 48.5 Å². The molecule has 0 aliphatic carbocycles. The second-order valence-corrected chi connectivity index (χ2v) is 8.77. The van der Waals surface area contributed by atoms with E-state index in [9.17, 15) is 4.79 Å². The standard InChI is InChI=1S/C24H27N3OS/c1-17-8-7-11-21(18(17)2)26-12-14-27(15-13-26)24(28)23-19(3)25-22(29-23)16-20-9-5-4-6-10-20/h4-11H,12-16H2,1-3H3. The molecule has 1 aromatic heterocycles. The molecule has 0 saturated carbocycles. The molecule has 3 aromatic rings. The van der Waals surface area contributed by atoms with Gasteiger partial charge in [0.1, 0.15) is 4.88 Å². The molecule has 0 bridgehead atoms. The number of carbonyl (C=O) groups excluding carboxylic acids is 1. The van der Waals surface area contributed by atoms with Crippen LogP contribution in [0.3, 0.4) is 0 Å². The molecule has 29 heavy (non-hydrogen) atoms. The molecule has 4 nitrogen and oxygen atoms in total. The molecule has 1 aliphatic rings. The molecule has 0 N–H and O–H groups in total. The zero-order chi connectivity index (χ0) is 20.4. The fourth-order valence-electron chi connectivity index (χ4n) is 3.87. The van der Waals surface area contributed by atoms with Crippen LogP contribution in [0, 0.1) is 20.8 Å². The van der Waals surface area contributed by atoms with Gasteiger partial charge in [0.25, 0.3) is 5.91 Å². The zero-order valence-corrected chi connectivity index (χ0v) is 18.1. The van der Waals surface area contributed by atoms with Gasteiger partial charge in [0.05, 0.1) is 10.7 Å². The van der Waals surface area contributed by atoms with E-state index in [1.807, 2.05) is 30.0 Å². The Morgan fingerprint density at radius 3 is 2.41 bits per heavy atom. The molecule has 1 fully saturated rings. The lowest BCUT2D eigenvalue weighted by Crippen LogP contribution is -2.49. The summed E-state index contributed by atoms with van der Waals surface area (Å²) in [5.74, 6) is 0.125.